The first-order valence-electron chi connectivity index (χ1n) is 12.0. The quantitative estimate of drug-likeness (QED) is 0.610. The second-order valence-corrected chi connectivity index (χ2v) is 9.16. The number of ether oxygens (including phenoxy) is 1. The maximum Gasteiger partial charge on any atom is 0.272 e. The van der Waals surface area contributed by atoms with Gasteiger partial charge >= 0.3 is 0 Å². The predicted molar refractivity (Wildman–Crippen MR) is 128 cm³/mol. The number of hydrogen-bond acceptors (Lipinski definition) is 6. The molecule has 7 nitrogen and oxygen atoms in total. The third-order valence-electron chi connectivity index (χ3n) is 6.58. The van der Waals surface area contributed by atoms with E-state index in [-0.39, 0.29) is 11.8 Å². The van der Waals surface area contributed by atoms with E-state index in [0.717, 1.165) is 43.4 Å². The zero-order valence-electron chi connectivity index (χ0n) is 19.2. The van der Waals surface area contributed by atoms with Crippen LogP contribution in [-0.4, -0.2) is 65.2 Å². The van der Waals surface area contributed by atoms with Gasteiger partial charge in [-0.05, 0) is 49.6 Å². The summed E-state index contributed by atoms with van der Waals surface area (Å²) in [7, 11) is 0. The van der Waals surface area contributed by atoms with Crippen LogP contribution >= 0.6 is 0 Å². The van der Waals surface area contributed by atoms with E-state index in [2.05, 4.69) is 38.1 Å². The van der Waals surface area contributed by atoms with Gasteiger partial charge in [0.2, 0.25) is 5.95 Å². The molecule has 0 bridgehead atoms. The number of benzene rings is 1. The summed E-state index contributed by atoms with van der Waals surface area (Å²) in [6.45, 7) is 6.24. The Morgan fingerprint density at radius 2 is 1.94 bits per heavy atom. The van der Waals surface area contributed by atoms with Gasteiger partial charge in [-0.25, -0.2) is 9.97 Å². The summed E-state index contributed by atoms with van der Waals surface area (Å²) in [6.07, 6.45) is 8.20. The van der Waals surface area contributed by atoms with Crippen molar-refractivity contribution in [2.24, 2.45) is 5.92 Å². The Balaban J connectivity index is 1.34. The first-order valence-corrected chi connectivity index (χ1v) is 12.0. The van der Waals surface area contributed by atoms with Crippen LogP contribution in [0.15, 0.2) is 42.7 Å². The normalized spacial score (nSPS) is 19.5. The number of rotatable bonds is 4. The average molecular weight is 446 g/mol. The summed E-state index contributed by atoms with van der Waals surface area (Å²) in [4.78, 5) is 31.3. The lowest BCUT2D eigenvalue weighted by Crippen LogP contribution is -2.37. The largest absolute Gasteiger partial charge is 0.379 e. The molecule has 3 aromatic rings. The van der Waals surface area contributed by atoms with Crippen molar-refractivity contribution in [1.29, 1.82) is 0 Å². The van der Waals surface area contributed by atoms with Crippen LogP contribution < -0.4 is 4.90 Å². The number of aryl methyl sites for hydroxylation is 1. The molecule has 0 saturated carbocycles. The van der Waals surface area contributed by atoms with Gasteiger partial charge < -0.3 is 14.5 Å². The molecule has 33 heavy (non-hydrogen) atoms. The van der Waals surface area contributed by atoms with Crippen LogP contribution in [0, 0.1) is 12.8 Å². The Morgan fingerprint density at radius 3 is 2.82 bits per heavy atom. The number of amides is 1. The van der Waals surface area contributed by atoms with Gasteiger partial charge in [0.05, 0.1) is 13.2 Å². The minimum atomic E-state index is -0.0368. The molecule has 0 N–H and O–H groups in total. The van der Waals surface area contributed by atoms with E-state index < -0.39 is 0 Å². The number of hydrogen-bond donors (Lipinski definition) is 0. The van der Waals surface area contributed by atoms with Gasteiger partial charge in [-0.2, -0.15) is 0 Å². The number of anilines is 1. The first-order chi connectivity index (χ1) is 16.2. The second-order valence-electron chi connectivity index (χ2n) is 9.16. The smallest absolute Gasteiger partial charge is 0.272 e. The highest BCUT2D eigenvalue weighted by Gasteiger charge is 2.26. The summed E-state index contributed by atoms with van der Waals surface area (Å²) < 4.78 is 5.90. The Bertz CT molecular complexity index is 1120. The van der Waals surface area contributed by atoms with Crippen molar-refractivity contribution in [2.75, 3.05) is 44.3 Å². The van der Waals surface area contributed by atoms with Gasteiger partial charge in [0.25, 0.3) is 5.91 Å². The van der Waals surface area contributed by atoms with Crippen LogP contribution in [0.2, 0.25) is 0 Å². The molecular weight excluding hydrogens is 414 g/mol. The van der Waals surface area contributed by atoms with E-state index in [4.69, 9.17) is 4.74 Å². The molecule has 4 heterocycles. The average Bonchev–Trinajstić information content (AvgIpc) is 3.09. The number of pyridine rings is 1. The molecular formula is C26H31N5O2. The van der Waals surface area contributed by atoms with E-state index in [1.54, 1.807) is 0 Å². The molecule has 0 aliphatic carbocycles. The van der Waals surface area contributed by atoms with Crippen LogP contribution in [0.25, 0.3) is 10.8 Å². The summed E-state index contributed by atoms with van der Waals surface area (Å²) in [5.74, 6) is 0.848. The van der Waals surface area contributed by atoms with Crippen molar-refractivity contribution in [3.8, 4) is 0 Å². The highest BCUT2D eigenvalue weighted by molar-refractivity contribution is 5.92. The van der Waals surface area contributed by atoms with E-state index in [1.807, 2.05) is 36.4 Å². The highest BCUT2D eigenvalue weighted by Crippen LogP contribution is 2.23. The lowest BCUT2D eigenvalue weighted by Gasteiger charge is -2.28. The van der Waals surface area contributed by atoms with Gasteiger partial charge in [-0.3, -0.25) is 9.78 Å². The van der Waals surface area contributed by atoms with Crippen LogP contribution in [0.1, 0.15) is 41.0 Å². The van der Waals surface area contributed by atoms with Gasteiger partial charge in [0.15, 0.2) is 0 Å². The third-order valence-corrected chi connectivity index (χ3v) is 6.58. The van der Waals surface area contributed by atoms with Gasteiger partial charge in [-0.15, -0.1) is 0 Å². The maximum atomic E-state index is 13.5. The number of fused-ring (bicyclic) bond motifs is 1. The summed E-state index contributed by atoms with van der Waals surface area (Å²) >= 11 is 0. The number of carbonyl (C=O) groups is 1. The van der Waals surface area contributed by atoms with Crippen LogP contribution in [0.3, 0.4) is 0 Å². The SMILES string of the molecule is Cc1cc(C(=O)N2CCOC[C@@H](Cc3cncc4ccccc34)C2)nc(N2CCCCC2)n1. The molecule has 2 fully saturated rings. The second kappa shape index (κ2) is 9.83. The Morgan fingerprint density at radius 1 is 1.09 bits per heavy atom. The molecule has 0 unspecified atom stereocenters. The van der Waals surface area contributed by atoms with Gasteiger partial charge in [-0.1, -0.05) is 24.3 Å². The van der Waals surface area contributed by atoms with Crippen molar-refractivity contribution in [1.82, 2.24) is 19.9 Å². The van der Waals surface area contributed by atoms with Crippen molar-refractivity contribution in [3.05, 3.63) is 59.7 Å². The standard InChI is InChI=1S/C26H31N5O2/c1-19-13-24(29-26(28-19)30-9-5-2-6-10-30)25(32)31-11-12-33-18-20(17-31)14-22-16-27-15-21-7-3-4-8-23(21)22/h3-4,7-8,13,15-16,20H,2,5-6,9-12,14,17-18H2,1H3/t20-/m0/s1. The Hall–Kier alpha value is -3.06. The molecule has 1 atom stereocenters. The Labute approximate surface area is 194 Å². The third kappa shape index (κ3) is 4.98. The molecule has 1 amide bonds. The van der Waals surface area contributed by atoms with E-state index in [9.17, 15) is 4.79 Å². The van der Waals surface area contributed by atoms with Gasteiger partial charge in [0, 0.05) is 55.6 Å². The molecule has 0 radical (unpaired) electrons. The maximum absolute atomic E-state index is 13.5. The molecule has 5 rings (SSSR count). The monoisotopic (exact) mass is 445 g/mol. The fourth-order valence-electron chi connectivity index (χ4n) is 4.90. The highest BCUT2D eigenvalue weighted by atomic mass is 16.5. The fourth-order valence-corrected chi connectivity index (χ4v) is 4.90. The molecule has 7 heteroatoms. The van der Waals surface area contributed by atoms with Gasteiger partial charge in [0.1, 0.15) is 5.69 Å². The van der Waals surface area contributed by atoms with Crippen LogP contribution in [-0.2, 0) is 11.2 Å². The van der Waals surface area contributed by atoms with Crippen LogP contribution in [0.5, 0.6) is 0 Å². The summed E-state index contributed by atoms with van der Waals surface area (Å²) in [5.41, 5.74) is 2.51. The number of aromatic nitrogens is 3. The number of piperidine rings is 1. The van der Waals surface area contributed by atoms with Crippen molar-refractivity contribution >= 4 is 22.6 Å². The van der Waals surface area contributed by atoms with Crippen LogP contribution in [0.4, 0.5) is 5.95 Å². The molecule has 2 saturated heterocycles. The number of nitrogens with zero attached hydrogens (tertiary/aromatic N) is 5. The zero-order chi connectivity index (χ0) is 22.6. The molecule has 1 aromatic carbocycles. The predicted octanol–water partition coefficient (Wildman–Crippen LogP) is 3.65. The summed E-state index contributed by atoms with van der Waals surface area (Å²) in [5, 5.41) is 2.35. The van der Waals surface area contributed by atoms with Crippen molar-refractivity contribution < 1.29 is 9.53 Å². The first kappa shape index (κ1) is 21.8. The molecule has 172 valence electrons. The molecule has 2 aliphatic rings. The van der Waals surface area contributed by atoms with E-state index in [0.29, 0.717) is 37.9 Å². The fraction of sp³-hybridized carbons (Fsp3) is 0.462. The van der Waals surface area contributed by atoms with Crippen molar-refractivity contribution in [2.45, 2.75) is 32.6 Å². The van der Waals surface area contributed by atoms with E-state index in [1.165, 1.54) is 17.4 Å². The minimum Gasteiger partial charge on any atom is -0.379 e. The molecule has 2 aromatic heterocycles. The lowest BCUT2D eigenvalue weighted by molar-refractivity contribution is 0.0731. The minimum absolute atomic E-state index is 0.0368. The number of carbonyl (C=O) groups excluding carboxylic acids is 1. The summed E-state index contributed by atoms with van der Waals surface area (Å²) in [6, 6.07) is 10.1. The molecule has 2 aliphatic heterocycles. The lowest BCUT2D eigenvalue weighted by atomic mass is 9.96. The zero-order valence-corrected chi connectivity index (χ0v) is 19.2. The van der Waals surface area contributed by atoms with E-state index >= 15 is 0 Å². The topological polar surface area (TPSA) is 71.5 Å². The van der Waals surface area contributed by atoms with Crippen molar-refractivity contribution in [3.63, 3.8) is 0 Å². The molecule has 0 spiro atoms. The Kier molecular flexibility index (Phi) is 6.48.